The molecule has 0 aliphatic heterocycles. The first-order chi connectivity index (χ1) is 7.76. The third kappa shape index (κ3) is 8.07. The lowest BCUT2D eigenvalue weighted by Gasteiger charge is -2.19. The molecule has 0 saturated heterocycles. The first-order valence-corrected chi connectivity index (χ1v) is 5.29. The Balaban J connectivity index is 4.04. The highest BCUT2D eigenvalue weighted by molar-refractivity contribution is 5.89. The van der Waals surface area contributed by atoms with Gasteiger partial charge in [0.05, 0.1) is 0 Å². The van der Waals surface area contributed by atoms with Crippen molar-refractivity contribution in [3.8, 4) is 0 Å². The summed E-state index contributed by atoms with van der Waals surface area (Å²) in [5.41, 5.74) is 5.84. The van der Waals surface area contributed by atoms with Crippen LogP contribution >= 0.6 is 0 Å². The van der Waals surface area contributed by atoms with Gasteiger partial charge in [-0.1, -0.05) is 25.5 Å². The van der Waals surface area contributed by atoms with Crippen LogP contribution in [-0.4, -0.2) is 18.7 Å². The van der Waals surface area contributed by atoms with Gasteiger partial charge in [0.2, 0.25) is 0 Å². The van der Waals surface area contributed by atoms with Crippen molar-refractivity contribution in [2.45, 2.75) is 27.2 Å². The molecule has 0 aromatic rings. The smallest absolute Gasteiger partial charge is 0.415 e. The number of amides is 3. The van der Waals surface area contributed by atoms with E-state index in [1.807, 2.05) is 18.3 Å². The summed E-state index contributed by atoms with van der Waals surface area (Å²) < 4.78 is 4.72. The summed E-state index contributed by atoms with van der Waals surface area (Å²) in [5.74, 6) is 0. The lowest BCUT2D eigenvalue weighted by atomic mass is 9.86. The van der Waals surface area contributed by atoms with Crippen LogP contribution in [0.15, 0.2) is 24.3 Å². The highest BCUT2D eigenvalue weighted by Gasteiger charge is 2.13. The monoisotopic (exact) mass is 240 g/mol. The van der Waals surface area contributed by atoms with Crippen LogP contribution in [0.2, 0.25) is 0 Å². The molecule has 0 bridgehead atoms. The Bertz CT molecular complexity index is 333. The van der Waals surface area contributed by atoms with Gasteiger partial charge in [-0.2, -0.15) is 0 Å². The molecule has 0 atom stereocenters. The van der Waals surface area contributed by atoms with E-state index in [0.29, 0.717) is 0 Å². The molecule has 0 saturated carbocycles. The average Bonchev–Trinajstić information content (AvgIpc) is 2.15. The number of carbonyl (C=O) groups excluding carboxylic acids is 2. The number of nitrogens with two attached hydrogens (primary N) is 1. The van der Waals surface area contributed by atoms with Crippen molar-refractivity contribution < 1.29 is 14.3 Å². The molecule has 0 fully saturated rings. The van der Waals surface area contributed by atoms with Gasteiger partial charge in [0.1, 0.15) is 6.61 Å². The number of primary amides is 1. The van der Waals surface area contributed by atoms with Crippen molar-refractivity contribution in [3.05, 3.63) is 24.3 Å². The van der Waals surface area contributed by atoms with E-state index in [1.165, 1.54) is 0 Å². The molecule has 0 aromatic carbocycles. The Hall–Kier alpha value is -1.78. The van der Waals surface area contributed by atoms with E-state index >= 15 is 0 Å². The van der Waals surface area contributed by atoms with Gasteiger partial charge in [0.25, 0.3) is 0 Å². The summed E-state index contributed by atoms with van der Waals surface area (Å²) in [4.78, 5) is 21.2. The van der Waals surface area contributed by atoms with E-state index in [1.54, 1.807) is 6.08 Å². The maximum atomic E-state index is 10.9. The largest absolute Gasteiger partial charge is 0.445 e. The van der Waals surface area contributed by atoms with Gasteiger partial charge >= 0.3 is 12.1 Å². The summed E-state index contributed by atoms with van der Waals surface area (Å²) in [7, 11) is 0. The van der Waals surface area contributed by atoms with Crippen LogP contribution < -0.4 is 11.1 Å². The second-order valence-corrected chi connectivity index (χ2v) is 4.51. The molecule has 0 spiro atoms. The van der Waals surface area contributed by atoms with Gasteiger partial charge in [-0.3, -0.25) is 0 Å². The summed E-state index contributed by atoms with van der Waals surface area (Å²) in [6, 6.07) is -0.927. The Morgan fingerprint density at radius 1 is 1.47 bits per heavy atom. The number of nitrogens with one attached hydrogen (secondary N) is 1. The molecule has 0 rings (SSSR count). The van der Waals surface area contributed by atoms with Gasteiger partial charge in [0, 0.05) is 0 Å². The van der Waals surface area contributed by atoms with E-state index < -0.39 is 12.1 Å². The SMILES string of the molecule is C=CC(C)(C)CC(C)=CCOC(=O)NC(N)=O. The van der Waals surface area contributed by atoms with Crippen LogP contribution in [0.3, 0.4) is 0 Å². The Labute approximate surface area is 102 Å². The molecule has 0 heterocycles. The average molecular weight is 240 g/mol. The van der Waals surface area contributed by atoms with Crippen molar-refractivity contribution in [1.82, 2.24) is 5.32 Å². The standard InChI is InChI=1S/C12H20N2O3/c1-5-12(3,4)8-9(2)6-7-17-11(16)14-10(13)15/h5-6H,1,7-8H2,2-4H3,(H3,13,14,15,16). The minimum absolute atomic E-state index is 0.00999. The van der Waals surface area contributed by atoms with E-state index in [0.717, 1.165) is 12.0 Å². The maximum absolute atomic E-state index is 10.9. The summed E-state index contributed by atoms with van der Waals surface area (Å²) in [6.07, 6.45) is 3.65. The lowest BCUT2D eigenvalue weighted by Crippen LogP contribution is -2.35. The van der Waals surface area contributed by atoms with Gasteiger partial charge in [0.15, 0.2) is 0 Å². The van der Waals surface area contributed by atoms with Gasteiger partial charge in [-0.15, -0.1) is 6.58 Å². The number of ether oxygens (including phenoxy) is 1. The van der Waals surface area contributed by atoms with Crippen LogP contribution in [0.25, 0.3) is 0 Å². The third-order valence-electron chi connectivity index (χ3n) is 2.16. The Morgan fingerprint density at radius 2 is 2.06 bits per heavy atom. The topological polar surface area (TPSA) is 81.4 Å². The maximum Gasteiger partial charge on any atom is 0.415 e. The van der Waals surface area contributed by atoms with Crippen LogP contribution in [0.4, 0.5) is 9.59 Å². The second kappa shape index (κ2) is 6.73. The van der Waals surface area contributed by atoms with Crippen molar-refractivity contribution in [3.63, 3.8) is 0 Å². The number of alkyl carbamates (subject to hydrolysis) is 1. The first kappa shape index (κ1) is 15.2. The Morgan fingerprint density at radius 3 is 2.53 bits per heavy atom. The number of rotatable bonds is 5. The number of allylic oxidation sites excluding steroid dienone is 2. The predicted molar refractivity (Wildman–Crippen MR) is 66.4 cm³/mol. The van der Waals surface area contributed by atoms with E-state index in [-0.39, 0.29) is 12.0 Å². The summed E-state index contributed by atoms with van der Waals surface area (Å²) >= 11 is 0. The van der Waals surface area contributed by atoms with Crippen LogP contribution in [0.5, 0.6) is 0 Å². The fourth-order valence-corrected chi connectivity index (χ4v) is 1.26. The zero-order chi connectivity index (χ0) is 13.5. The van der Waals surface area contributed by atoms with Crippen molar-refractivity contribution >= 4 is 12.1 Å². The Kier molecular flexibility index (Phi) is 6.02. The molecular weight excluding hydrogens is 220 g/mol. The number of carbonyl (C=O) groups is 2. The third-order valence-corrected chi connectivity index (χ3v) is 2.16. The van der Waals surface area contributed by atoms with Gasteiger partial charge in [-0.05, 0) is 24.8 Å². The predicted octanol–water partition coefficient (Wildman–Crippen LogP) is 2.34. The number of hydrogen-bond acceptors (Lipinski definition) is 3. The number of urea groups is 1. The molecule has 0 radical (unpaired) electrons. The van der Waals surface area contributed by atoms with E-state index in [9.17, 15) is 9.59 Å². The van der Waals surface area contributed by atoms with Crippen molar-refractivity contribution in [1.29, 1.82) is 0 Å². The zero-order valence-corrected chi connectivity index (χ0v) is 10.6. The second-order valence-electron chi connectivity index (χ2n) is 4.51. The highest BCUT2D eigenvalue weighted by atomic mass is 16.5. The van der Waals surface area contributed by atoms with E-state index in [2.05, 4.69) is 20.4 Å². The fourth-order valence-electron chi connectivity index (χ4n) is 1.26. The molecule has 0 aromatic heterocycles. The summed E-state index contributed by atoms with van der Waals surface area (Å²) in [5, 5.41) is 1.81. The van der Waals surface area contributed by atoms with Crippen LogP contribution in [0.1, 0.15) is 27.2 Å². The van der Waals surface area contributed by atoms with Gasteiger partial charge < -0.3 is 10.5 Å². The van der Waals surface area contributed by atoms with Crippen LogP contribution in [-0.2, 0) is 4.74 Å². The quantitative estimate of drug-likeness (QED) is 0.724. The minimum Gasteiger partial charge on any atom is -0.445 e. The number of hydrogen-bond donors (Lipinski definition) is 2. The molecular formula is C12H20N2O3. The fraction of sp³-hybridized carbons (Fsp3) is 0.500. The molecule has 5 heteroatoms. The molecule has 3 N–H and O–H groups in total. The molecule has 0 aliphatic rings. The molecule has 0 aliphatic carbocycles. The molecule has 17 heavy (non-hydrogen) atoms. The minimum atomic E-state index is -0.927. The highest BCUT2D eigenvalue weighted by Crippen LogP contribution is 2.25. The zero-order valence-electron chi connectivity index (χ0n) is 10.6. The van der Waals surface area contributed by atoms with E-state index in [4.69, 9.17) is 10.5 Å². The first-order valence-electron chi connectivity index (χ1n) is 5.29. The van der Waals surface area contributed by atoms with Crippen LogP contribution in [0, 0.1) is 5.41 Å². The molecule has 96 valence electrons. The molecule has 0 unspecified atom stereocenters. The van der Waals surface area contributed by atoms with Crippen molar-refractivity contribution in [2.75, 3.05) is 6.61 Å². The number of imide groups is 1. The lowest BCUT2D eigenvalue weighted by molar-refractivity contribution is 0.159. The normalized spacial score (nSPS) is 11.8. The summed E-state index contributed by atoms with van der Waals surface area (Å²) in [6.45, 7) is 9.94. The molecule has 3 amide bonds. The van der Waals surface area contributed by atoms with Gasteiger partial charge in [-0.25, -0.2) is 14.9 Å². The molecule has 5 nitrogen and oxygen atoms in total. The van der Waals surface area contributed by atoms with Crippen molar-refractivity contribution in [2.24, 2.45) is 11.1 Å².